The van der Waals surface area contributed by atoms with E-state index >= 15 is 0 Å². The van der Waals surface area contributed by atoms with Crippen LogP contribution in [0.15, 0.2) is 37.1 Å². The van der Waals surface area contributed by atoms with Gasteiger partial charge in [0, 0.05) is 37.2 Å². The van der Waals surface area contributed by atoms with Gasteiger partial charge >= 0.3 is 0 Å². The zero-order valence-corrected chi connectivity index (χ0v) is 10.5. The van der Waals surface area contributed by atoms with Crippen molar-refractivity contribution in [2.24, 2.45) is 0 Å². The molecule has 1 N–H and O–H groups in total. The highest BCUT2D eigenvalue weighted by molar-refractivity contribution is 5.24. The first-order chi connectivity index (χ1) is 8.90. The summed E-state index contributed by atoms with van der Waals surface area (Å²) in [5.74, 6) is 0.694. The molecule has 0 saturated heterocycles. The monoisotopic (exact) mass is 246 g/mol. The van der Waals surface area contributed by atoms with Crippen LogP contribution in [-0.2, 0) is 13.1 Å². The summed E-state index contributed by atoms with van der Waals surface area (Å²) in [6.45, 7) is 2.72. The SMILES string of the molecule is COc1ncccc1CNCCCn1ccnc1. The second-order valence-electron chi connectivity index (χ2n) is 4.00. The molecule has 0 radical (unpaired) electrons. The Hall–Kier alpha value is -1.88. The molecule has 0 unspecified atom stereocenters. The van der Waals surface area contributed by atoms with Crippen molar-refractivity contribution in [3.05, 3.63) is 42.6 Å². The van der Waals surface area contributed by atoms with E-state index in [1.165, 1.54) is 0 Å². The predicted molar refractivity (Wildman–Crippen MR) is 69.3 cm³/mol. The third-order valence-corrected chi connectivity index (χ3v) is 2.69. The first-order valence-corrected chi connectivity index (χ1v) is 6.04. The van der Waals surface area contributed by atoms with Crippen LogP contribution in [0, 0.1) is 0 Å². The number of imidazole rings is 1. The van der Waals surface area contributed by atoms with E-state index in [0.29, 0.717) is 5.88 Å². The van der Waals surface area contributed by atoms with Gasteiger partial charge in [0.25, 0.3) is 0 Å². The van der Waals surface area contributed by atoms with Gasteiger partial charge in [-0.3, -0.25) is 0 Å². The average Bonchev–Trinajstić information content (AvgIpc) is 2.92. The molecule has 2 heterocycles. The molecule has 0 aliphatic heterocycles. The molecule has 0 bridgehead atoms. The van der Waals surface area contributed by atoms with Crippen molar-refractivity contribution >= 4 is 0 Å². The highest BCUT2D eigenvalue weighted by Crippen LogP contribution is 2.12. The minimum absolute atomic E-state index is 0.694. The second-order valence-corrected chi connectivity index (χ2v) is 4.00. The Labute approximate surface area is 107 Å². The summed E-state index contributed by atoms with van der Waals surface area (Å²) in [5.41, 5.74) is 1.09. The van der Waals surface area contributed by atoms with Crippen molar-refractivity contribution in [3.63, 3.8) is 0 Å². The van der Waals surface area contributed by atoms with Gasteiger partial charge in [-0.1, -0.05) is 6.07 Å². The van der Waals surface area contributed by atoms with Crippen LogP contribution in [-0.4, -0.2) is 28.2 Å². The van der Waals surface area contributed by atoms with Crippen LogP contribution < -0.4 is 10.1 Å². The molecule has 5 heteroatoms. The van der Waals surface area contributed by atoms with Crippen molar-refractivity contribution in [2.45, 2.75) is 19.5 Å². The lowest BCUT2D eigenvalue weighted by Gasteiger charge is -2.08. The van der Waals surface area contributed by atoms with Gasteiger partial charge in [-0.2, -0.15) is 0 Å². The summed E-state index contributed by atoms with van der Waals surface area (Å²) >= 11 is 0. The summed E-state index contributed by atoms with van der Waals surface area (Å²) in [4.78, 5) is 8.17. The largest absolute Gasteiger partial charge is 0.481 e. The molecule has 18 heavy (non-hydrogen) atoms. The van der Waals surface area contributed by atoms with Crippen LogP contribution in [0.3, 0.4) is 0 Å². The number of pyridine rings is 1. The van der Waals surface area contributed by atoms with Crippen LogP contribution in [0.25, 0.3) is 0 Å². The zero-order valence-electron chi connectivity index (χ0n) is 10.5. The summed E-state index contributed by atoms with van der Waals surface area (Å²) in [6, 6.07) is 3.94. The molecule has 0 amide bonds. The number of nitrogens with one attached hydrogen (secondary N) is 1. The Morgan fingerprint density at radius 3 is 3.11 bits per heavy atom. The van der Waals surface area contributed by atoms with E-state index in [0.717, 1.165) is 31.6 Å². The van der Waals surface area contributed by atoms with Gasteiger partial charge < -0.3 is 14.6 Å². The van der Waals surface area contributed by atoms with E-state index in [9.17, 15) is 0 Å². The topological polar surface area (TPSA) is 52.0 Å². The van der Waals surface area contributed by atoms with Crippen molar-refractivity contribution in [1.82, 2.24) is 19.9 Å². The highest BCUT2D eigenvalue weighted by Gasteiger charge is 2.01. The number of ether oxygens (including phenoxy) is 1. The van der Waals surface area contributed by atoms with Crippen LogP contribution in [0.5, 0.6) is 5.88 Å². The van der Waals surface area contributed by atoms with Crippen molar-refractivity contribution in [1.29, 1.82) is 0 Å². The molecule has 0 spiro atoms. The minimum atomic E-state index is 0.694. The van der Waals surface area contributed by atoms with Crippen molar-refractivity contribution < 1.29 is 4.74 Å². The fourth-order valence-electron chi connectivity index (χ4n) is 1.77. The predicted octanol–water partition coefficient (Wildman–Crippen LogP) is 1.47. The van der Waals surface area contributed by atoms with Gasteiger partial charge in [0.2, 0.25) is 5.88 Å². The maximum absolute atomic E-state index is 5.20. The molecule has 0 saturated carbocycles. The molecule has 5 nitrogen and oxygen atoms in total. The molecule has 96 valence electrons. The van der Waals surface area contributed by atoms with Gasteiger partial charge in [0.1, 0.15) is 0 Å². The van der Waals surface area contributed by atoms with E-state index in [1.807, 2.05) is 24.7 Å². The van der Waals surface area contributed by atoms with Crippen molar-refractivity contribution in [3.8, 4) is 5.88 Å². The molecule has 2 aromatic rings. The summed E-state index contributed by atoms with van der Waals surface area (Å²) in [6.07, 6.45) is 8.42. The molecule has 0 aliphatic carbocycles. The molecule has 0 atom stereocenters. The first-order valence-electron chi connectivity index (χ1n) is 6.04. The van der Waals surface area contributed by atoms with E-state index < -0.39 is 0 Å². The van der Waals surface area contributed by atoms with E-state index in [2.05, 4.69) is 19.9 Å². The molecule has 0 aliphatic rings. The Morgan fingerprint density at radius 2 is 2.33 bits per heavy atom. The Kier molecular flexibility index (Phi) is 4.72. The first kappa shape index (κ1) is 12.6. The summed E-state index contributed by atoms with van der Waals surface area (Å²) in [7, 11) is 1.64. The summed E-state index contributed by atoms with van der Waals surface area (Å²) in [5, 5.41) is 3.39. The van der Waals surface area contributed by atoms with E-state index in [4.69, 9.17) is 4.74 Å². The smallest absolute Gasteiger partial charge is 0.217 e. The van der Waals surface area contributed by atoms with Gasteiger partial charge in [-0.15, -0.1) is 0 Å². The lowest BCUT2D eigenvalue weighted by molar-refractivity contribution is 0.390. The fourth-order valence-corrected chi connectivity index (χ4v) is 1.77. The third kappa shape index (κ3) is 3.56. The standard InChI is InChI=1S/C13H18N4O/c1-18-13-12(4-2-6-16-13)10-14-5-3-8-17-9-7-15-11-17/h2,4,6-7,9,11,14H,3,5,8,10H2,1H3. The lowest BCUT2D eigenvalue weighted by atomic mass is 10.2. The zero-order chi connectivity index (χ0) is 12.6. The second kappa shape index (κ2) is 6.76. The third-order valence-electron chi connectivity index (χ3n) is 2.69. The van der Waals surface area contributed by atoms with E-state index in [1.54, 1.807) is 19.5 Å². The van der Waals surface area contributed by atoms with Crippen LogP contribution in [0.1, 0.15) is 12.0 Å². The Morgan fingerprint density at radius 1 is 1.39 bits per heavy atom. The lowest BCUT2D eigenvalue weighted by Crippen LogP contribution is -2.17. The number of aromatic nitrogens is 3. The maximum atomic E-state index is 5.20. The number of aryl methyl sites for hydroxylation is 1. The van der Waals surface area contributed by atoms with Gasteiger partial charge in [0.05, 0.1) is 13.4 Å². The van der Waals surface area contributed by atoms with Gasteiger partial charge in [-0.05, 0) is 19.0 Å². The van der Waals surface area contributed by atoms with Crippen LogP contribution in [0.2, 0.25) is 0 Å². The Balaban J connectivity index is 1.69. The molecule has 0 aromatic carbocycles. The van der Waals surface area contributed by atoms with Crippen LogP contribution in [0.4, 0.5) is 0 Å². The average molecular weight is 246 g/mol. The number of methoxy groups -OCH3 is 1. The number of rotatable bonds is 7. The quantitative estimate of drug-likeness (QED) is 0.752. The summed E-state index contributed by atoms with van der Waals surface area (Å²) < 4.78 is 7.27. The number of hydrogen-bond donors (Lipinski definition) is 1. The molecule has 2 aromatic heterocycles. The number of hydrogen-bond acceptors (Lipinski definition) is 4. The molecular weight excluding hydrogens is 228 g/mol. The van der Waals surface area contributed by atoms with Gasteiger partial charge in [0.15, 0.2) is 0 Å². The molecular formula is C13H18N4O. The normalized spacial score (nSPS) is 10.5. The Bertz CT molecular complexity index is 456. The van der Waals surface area contributed by atoms with E-state index in [-0.39, 0.29) is 0 Å². The molecule has 2 rings (SSSR count). The fraction of sp³-hybridized carbons (Fsp3) is 0.385. The minimum Gasteiger partial charge on any atom is -0.481 e. The molecule has 0 fully saturated rings. The number of nitrogens with zero attached hydrogens (tertiary/aromatic N) is 3. The maximum Gasteiger partial charge on any atom is 0.217 e. The van der Waals surface area contributed by atoms with Gasteiger partial charge in [-0.25, -0.2) is 9.97 Å². The van der Waals surface area contributed by atoms with Crippen molar-refractivity contribution in [2.75, 3.05) is 13.7 Å². The van der Waals surface area contributed by atoms with Crippen LogP contribution >= 0.6 is 0 Å². The highest BCUT2D eigenvalue weighted by atomic mass is 16.5.